The van der Waals surface area contributed by atoms with Crippen molar-refractivity contribution in [1.82, 2.24) is 9.47 Å². The minimum absolute atomic E-state index is 0.0261. The third-order valence-electron chi connectivity index (χ3n) is 2.65. The van der Waals surface area contributed by atoms with Crippen molar-refractivity contribution in [2.45, 2.75) is 19.9 Å². The zero-order valence-electron chi connectivity index (χ0n) is 10.0. The van der Waals surface area contributed by atoms with E-state index in [-0.39, 0.29) is 12.0 Å². The Morgan fingerprint density at radius 1 is 1.41 bits per heavy atom. The molecular formula is C12H18N2O3. The zero-order valence-corrected chi connectivity index (χ0v) is 10.0. The van der Waals surface area contributed by atoms with Crippen LogP contribution in [0.3, 0.4) is 0 Å². The first-order chi connectivity index (χ1) is 8.13. The molecule has 0 spiro atoms. The smallest absolute Gasteiger partial charge is 0.304 e. The topological polar surface area (TPSA) is 62.5 Å². The lowest BCUT2D eigenvalue weighted by molar-refractivity contribution is -0.137. The summed E-state index contributed by atoms with van der Waals surface area (Å²) in [7, 11) is 0. The quantitative estimate of drug-likeness (QED) is 0.757. The van der Waals surface area contributed by atoms with Crippen LogP contribution in [0.15, 0.2) is 29.2 Å². The third kappa shape index (κ3) is 4.82. The molecule has 0 fully saturated rings. The van der Waals surface area contributed by atoms with Gasteiger partial charge in [0.25, 0.3) is 5.56 Å². The molecule has 0 aromatic carbocycles. The summed E-state index contributed by atoms with van der Waals surface area (Å²) < 4.78 is 1.63. The van der Waals surface area contributed by atoms with Gasteiger partial charge in [-0.3, -0.25) is 9.59 Å². The Kier molecular flexibility index (Phi) is 5.42. The maximum Gasteiger partial charge on any atom is 0.304 e. The Bertz CT molecular complexity index is 414. The van der Waals surface area contributed by atoms with E-state index < -0.39 is 5.97 Å². The molecule has 0 saturated heterocycles. The largest absolute Gasteiger partial charge is 0.481 e. The van der Waals surface area contributed by atoms with Gasteiger partial charge in [0.15, 0.2) is 0 Å². The van der Waals surface area contributed by atoms with Crippen molar-refractivity contribution in [3.05, 3.63) is 34.7 Å². The van der Waals surface area contributed by atoms with E-state index in [1.807, 2.05) is 17.9 Å². The van der Waals surface area contributed by atoms with E-state index in [1.165, 1.54) is 6.07 Å². The molecular weight excluding hydrogens is 220 g/mol. The fourth-order valence-electron chi connectivity index (χ4n) is 1.58. The average Bonchev–Trinajstić information content (AvgIpc) is 2.31. The standard InChI is InChI=1S/C12H18N2O3/c1-2-13(8-6-12(16)17)9-10-14-7-4-3-5-11(14)15/h3-5,7H,2,6,8-10H2,1H3,(H,16,17). The summed E-state index contributed by atoms with van der Waals surface area (Å²) in [5.41, 5.74) is -0.0261. The molecule has 5 heteroatoms. The second-order valence-corrected chi connectivity index (χ2v) is 3.81. The Hall–Kier alpha value is -1.62. The van der Waals surface area contributed by atoms with Crippen LogP contribution in [0.5, 0.6) is 0 Å². The van der Waals surface area contributed by atoms with Gasteiger partial charge < -0.3 is 14.6 Å². The summed E-state index contributed by atoms with van der Waals surface area (Å²) in [5, 5.41) is 8.61. The van der Waals surface area contributed by atoms with Crippen molar-refractivity contribution in [3.8, 4) is 0 Å². The number of nitrogens with zero attached hydrogens (tertiary/aromatic N) is 2. The van der Waals surface area contributed by atoms with Crippen molar-refractivity contribution >= 4 is 5.97 Å². The number of aromatic nitrogens is 1. The minimum Gasteiger partial charge on any atom is -0.481 e. The van der Waals surface area contributed by atoms with Crippen molar-refractivity contribution < 1.29 is 9.90 Å². The normalized spacial score (nSPS) is 10.7. The summed E-state index contributed by atoms with van der Waals surface area (Å²) in [6.07, 6.45) is 1.88. The number of pyridine rings is 1. The van der Waals surface area contributed by atoms with Gasteiger partial charge in [0.1, 0.15) is 0 Å². The molecule has 0 aliphatic carbocycles. The molecule has 1 N–H and O–H groups in total. The van der Waals surface area contributed by atoms with Crippen LogP contribution in [0.4, 0.5) is 0 Å². The van der Waals surface area contributed by atoms with Crippen LogP contribution in [0, 0.1) is 0 Å². The molecule has 1 rings (SSSR count). The first-order valence-electron chi connectivity index (χ1n) is 5.73. The van der Waals surface area contributed by atoms with E-state index in [9.17, 15) is 9.59 Å². The Labute approximate surface area is 100 Å². The zero-order chi connectivity index (χ0) is 12.7. The van der Waals surface area contributed by atoms with Crippen molar-refractivity contribution in [2.75, 3.05) is 19.6 Å². The summed E-state index contributed by atoms with van der Waals surface area (Å²) in [6, 6.07) is 5.04. The molecule has 1 aromatic heterocycles. The molecule has 1 heterocycles. The van der Waals surface area contributed by atoms with Crippen LogP contribution in [0.25, 0.3) is 0 Å². The van der Waals surface area contributed by atoms with Crippen molar-refractivity contribution in [2.24, 2.45) is 0 Å². The summed E-state index contributed by atoms with van der Waals surface area (Å²) in [5.74, 6) is -0.791. The highest BCUT2D eigenvalue weighted by molar-refractivity contribution is 5.66. The second-order valence-electron chi connectivity index (χ2n) is 3.81. The van der Waals surface area contributed by atoms with Crippen LogP contribution >= 0.6 is 0 Å². The second kappa shape index (κ2) is 6.85. The molecule has 0 amide bonds. The molecule has 0 aliphatic rings. The highest BCUT2D eigenvalue weighted by Crippen LogP contribution is 1.93. The first kappa shape index (κ1) is 13.4. The summed E-state index contributed by atoms with van der Waals surface area (Å²) >= 11 is 0. The Morgan fingerprint density at radius 3 is 2.76 bits per heavy atom. The average molecular weight is 238 g/mol. The molecule has 5 nitrogen and oxygen atoms in total. The van der Waals surface area contributed by atoms with E-state index in [0.717, 1.165) is 6.54 Å². The molecule has 0 saturated carbocycles. The van der Waals surface area contributed by atoms with Crippen LogP contribution < -0.4 is 5.56 Å². The lowest BCUT2D eigenvalue weighted by atomic mass is 10.3. The van der Waals surface area contributed by atoms with E-state index in [1.54, 1.807) is 16.8 Å². The lowest BCUT2D eigenvalue weighted by Gasteiger charge is -2.19. The van der Waals surface area contributed by atoms with Gasteiger partial charge in [0.2, 0.25) is 0 Å². The predicted octanol–water partition coefficient (Wildman–Crippen LogP) is 0.645. The Balaban J connectivity index is 2.45. The van der Waals surface area contributed by atoms with Gasteiger partial charge in [-0.15, -0.1) is 0 Å². The highest BCUT2D eigenvalue weighted by Gasteiger charge is 2.05. The molecule has 0 aliphatic heterocycles. The third-order valence-corrected chi connectivity index (χ3v) is 2.65. The SMILES string of the molecule is CCN(CCC(=O)O)CCn1ccccc1=O. The number of hydrogen-bond donors (Lipinski definition) is 1. The fourth-order valence-corrected chi connectivity index (χ4v) is 1.58. The van der Waals surface area contributed by atoms with E-state index >= 15 is 0 Å². The number of aliphatic carboxylic acids is 1. The number of rotatable bonds is 7. The molecule has 0 unspecified atom stereocenters. The number of carbonyl (C=O) groups is 1. The Morgan fingerprint density at radius 2 is 2.18 bits per heavy atom. The maximum absolute atomic E-state index is 11.4. The monoisotopic (exact) mass is 238 g/mol. The van der Waals surface area contributed by atoms with Crippen LogP contribution in [0.2, 0.25) is 0 Å². The van der Waals surface area contributed by atoms with Gasteiger partial charge in [-0.1, -0.05) is 13.0 Å². The molecule has 0 bridgehead atoms. The molecule has 94 valence electrons. The van der Waals surface area contributed by atoms with Gasteiger partial charge in [0.05, 0.1) is 6.42 Å². The molecule has 0 atom stereocenters. The van der Waals surface area contributed by atoms with Crippen LogP contribution in [0.1, 0.15) is 13.3 Å². The summed E-state index contributed by atoms with van der Waals surface area (Å²) in [6.45, 7) is 4.57. The number of likely N-dealkylation sites (N-methyl/N-ethyl adjacent to an activating group) is 1. The highest BCUT2D eigenvalue weighted by atomic mass is 16.4. The number of hydrogen-bond acceptors (Lipinski definition) is 3. The molecule has 1 aromatic rings. The van der Waals surface area contributed by atoms with Gasteiger partial charge in [0, 0.05) is 31.9 Å². The fraction of sp³-hybridized carbons (Fsp3) is 0.500. The van der Waals surface area contributed by atoms with Gasteiger partial charge in [-0.2, -0.15) is 0 Å². The predicted molar refractivity (Wildman–Crippen MR) is 65.1 cm³/mol. The maximum atomic E-state index is 11.4. The van der Waals surface area contributed by atoms with Crippen molar-refractivity contribution in [1.29, 1.82) is 0 Å². The van der Waals surface area contributed by atoms with Gasteiger partial charge in [-0.25, -0.2) is 0 Å². The van der Waals surface area contributed by atoms with Crippen LogP contribution in [-0.2, 0) is 11.3 Å². The first-order valence-corrected chi connectivity index (χ1v) is 5.73. The van der Waals surface area contributed by atoms with Gasteiger partial charge in [-0.05, 0) is 12.6 Å². The number of carboxylic acids is 1. The summed E-state index contributed by atoms with van der Waals surface area (Å²) in [4.78, 5) is 23.9. The van der Waals surface area contributed by atoms with Gasteiger partial charge >= 0.3 is 5.97 Å². The van der Waals surface area contributed by atoms with Crippen LogP contribution in [-0.4, -0.2) is 40.2 Å². The van der Waals surface area contributed by atoms with E-state index in [2.05, 4.69) is 0 Å². The minimum atomic E-state index is -0.791. The molecule has 0 radical (unpaired) electrons. The number of carboxylic acid groups (broad SMARTS) is 1. The molecule has 17 heavy (non-hydrogen) atoms. The van der Waals surface area contributed by atoms with E-state index in [4.69, 9.17) is 5.11 Å². The lowest BCUT2D eigenvalue weighted by Crippen LogP contribution is -2.32. The van der Waals surface area contributed by atoms with E-state index in [0.29, 0.717) is 19.6 Å². The van der Waals surface area contributed by atoms with Crippen molar-refractivity contribution in [3.63, 3.8) is 0 Å².